The van der Waals surface area contributed by atoms with Crippen molar-refractivity contribution in [2.75, 3.05) is 5.32 Å². The molecule has 1 fully saturated rings. The summed E-state index contributed by atoms with van der Waals surface area (Å²) in [6, 6.07) is 3.20. The molecule has 1 heterocycles. The summed E-state index contributed by atoms with van der Waals surface area (Å²) in [6.07, 6.45) is 0.139. The maximum absolute atomic E-state index is 13.3. The van der Waals surface area contributed by atoms with Crippen LogP contribution in [0.25, 0.3) is 5.69 Å². The molecule has 5 nitrogen and oxygen atoms in total. The van der Waals surface area contributed by atoms with Gasteiger partial charge < -0.3 is 5.32 Å². The Morgan fingerprint density at radius 1 is 1.19 bits per heavy atom. The molecule has 26 heavy (non-hydrogen) atoms. The van der Waals surface area contributed by atoms with Crippen molar-refractivity contribution in [3.05, 3.63) is 56.7 Å². The molecule has 0 spiro atoms. The Bertz CT molecular complexity index is 879. The minimum Gasteiger partial charge on any atom is -0.369 e. The van der Waals surface area contributed by atoms with Crippen molar-refractivity contribution >= 4 is 5.82 Å². The molecule has 0 radical (unpaired) electrons. The molecule has 0 aliphatic heterocycles. The van der Waals surface area contributed by atoms with Crippen LogP contribution in [0.1, 0.15) is 26.2 Å². The van der Waals surface area contributed by atoms with Crippen molar-refractivity contribution in [1.82, 2.24) is 9.55 Å². The fraction of sp³-hybridized carbons (Fsp3) is 0.412. The molecule has 1 aliphatic carbocycles. The molecule has 3 rings (SSSR count). The van der Waals surface area contributed by atoms with Gasteiger partial charge in [0.15, 0.2) is 0 Å². The van der Waals surface area contributed by atoms with Gasteiger partial charge in [-0.05, 0) is 31.4 Å². The van der Waals surface area contributed by atoms with Crippen molar-refractivity contribution < 1.29 is 17.6 Å². The van der Waals surface area contributed by atoms with Crippen LogP contribution >= 0.6 is 0 Å². The highest BCUT2D eigenvalue weighted by Gasteiger charge is 2.45. The minimum absolute atomic E-state index is 0.116. The number of hydrogen-bond donors (Lipinski definition) is 2. The van der Waals surface area contributed by atoms with E-state index >= 15 is 0 Å². The Morgan fingerprint density at radius 2 is 1.81 bits per heavy atom. The number of aromatic nitrogens is 2. The van der Waals surface area contributed by atoms with Crippen LogP contribution in [-0.2, 0) is 0 Å². The average molecular weight is 371 g/mol. The Kier molecular flexibility index (Phi) is 4.64. The van der Waals surface area contributed by atoms with Gasteiger partial charge in [-0.2, -0.15) is 0 Å². The van der Waals surface area contributed by atoms with Gasteiger partial charge in [0.05, 0.1) is 5.69 Å². The van der Waals surface area contributed by atoms with Crippen LogP contribution in [0.5, 0.6) is 0 Å². The van der Waals surface area contributed by atoms with E-state index in [0.717, 1.165) is 18.2 Å². The number of nitrogens with one attached hydrogen (secondary N) is 2. The Balaban J connectivity index is 1.77. The predicted octanol–water partition coefficient (Wildman–Crippen LogP) is 3.04. The molecule has 2 aromatic rings. The van der Waals surface area contributed by atoms with Gasteiger partial charge in [0.25, 0.3) is 5.56 Å². The van der Waals surface area contributed by atoms with Crippen molar-refractivity contribution in [3.63, 3.8) is 0 Å². The number of benzene rings is 1. The lowest BCUT2D eigenvalue weighted by Gasteiger charge is -2.36. The summed E-state index contributed by atoms with van der Waals surface area (Å²) >= 11 is 0. The first-order valence-electron chi connectivity index (χ1n) is 8.10. The number of anilines is 1. The summed E-state index contributed by atoms with van der Waals surface area (Å²) in [5, 5.41) is 2.89. The van der Waals surface area contributed by atoms with E-state index in [-0.39, 0.29) is 36.3 Å². The van der Waals surface area contributed by atoms with Crippen molar-refractivity contribution in [2.24, 2.45) is 5.92 Å². The largest absolute Gasteiger partial charge is 0.369 e. The van der Waals surface area contributed by atoms with E-state index in [2.05, 4.69) is 10.3 Å². The molecule has 1 atom stereocenters. The van der Waals surface area contributed by atoms with Gasteiger partial charge in [-0.15, -0.1) is 0 Å². The number of nitrogens with zero attached hydrogens (tertiary/aromatic N) is 1. The number of halogens is 4. The number of aromatic amines is 1. The van der Waals surface area contributed by atoms with E-state index < -0.39 is 28.8 Å². The highest BCUT2D eigenvalue weighted by molar-refractivity contribution is 5.38. The minimum atomic E-state index is -2.60. The zero-order chi connectivity index (χ0) is 19.1. The number of alkyl halides is 2. The zero-order valence-corrected chi connectivity index (χ0v) is 13.9. The van der Waals surface area contributed by atoms with Crippen LogP contribution < -0.4 is 16.6 Å². The van der Waals surface area contributed by atoms with Gasteiger partial charge in [0.1, 0.15) is 17.5 Å². The van der Waals surface area contributed by atoms with Gasteiger partial charge in [-0.1, -0.05) is 0 Å². The third-order valence-electron chi connectivity index (χ3n) is 4.30. The molecule has 1 aromatic carbocycles. The van der Waals surface area contributed by atoms with E-state index in [9.17, 15) is 27.2 Å². The van der Waals surface area contributed by atoms with E-state index in [1.54, 1.807) is 6.92 Å². The van der Waals surface area contributed by atoms with Crippen LogP contribution in [0.2, 0.25) is 0 Å². The van der Waals surface area contributed by atoms with E-state index in [0.29, 0.717) is 17.1 Å². The summed E-state index contributed by atoms with van der Waals surface area (Å²) in [6.45, 7) is 1.75. The third kappa shape index (κ3) is 3.97. The highest BCUT2D eigenvalue weighted by atomic mass is 19.3. The van der Waals surface area contributed by atoms with Gasteiger partial charge in [-0.25, -0.2) is 26.9 Å². The van der Waals surface area contributed by atoms with Crippen LogP contribution in [0.4, 0.5) is 23.4 Å². The van der Waals surface area contributed by atoms with Crippen molar-refractivity contribution in [1.29, 1.82) is 0 Å². The molecule has 9 heteroatoms. The summed E-state index contributed by atoms with van der Waals surface area (Å²) in [7, 11) is 0. The molecule has 1 saturated carbocycles. The molecular formula is C17H17F4N3O2. The van der Waals surface area contributed by atoms with Crippen molar-refractivity contribution in [3.8, 4) is 5.69 Å². The fourth-order valence-electron chi connectivity index (χ4n) is 3.26. The SMILES string of the molecule is CC(CC1CC(F)(F)C1)Nc1cc(=O)n(-c2cc(F)cc(F)c2)c(=O)[nH]1. The lowest BCUT2D eigenvalue weighted by atomic mass is 9.78. The van der Waals surface area contributed by atoms with Gasteiger partial charge in [-0.3, -0.25) is 9.78 Å². The molecule has 2 N–H and O–H groups in total. The number of rotatable bonds is 5. The van der Waals surface area contributed by atoms with Gasteiger partial charge >= 0.3 is 5.69 Å². The maximum Gasteiger partial charge on any atom is 0.334 e. The van der Waals surface area contributed by atoms with Gasteiger partial charge in [0, 0.05) is 31.0 Å². The summed E-state index contributed by atoms with van der Waals surface area (Å²) in [5.41, 5.74) is -1.87. The molecule has 140 valence electrons. The number of H-pyrrole nitrogens is 1. The first-order valence-corrected chi connectivity index (χ1v) is 8.10. The van der Waals surface area contributed by atoms with Crippen LogP contribution in [-0.4, -0.2) is 21.5 Å². The Morgan fingerprint density at radius 3 is 2.35 bits per heavy atom. The second kappa shape index (κ2) is 6.62. The normalized spacial score (nSPS) is 17.6. The Labute approximate surface area is 145 Å². The molecule has 1 aromatic heterocycles. The molecule has 1 unspecified atom stereocenters. The topological polar surface area (TPSA) is 66.9 Å². The predicted molar refractivity (Wildman–Crippen MR) is 87.9 cm³/mol. The average Bonchev–Trinajstić information content (AvgIpc) is 2.43. The Hall–Kier alpha value is -2.58. The molecule has 1 aliphatic rings. The summed E-state index contributed by atoms with van der Waals surface area (Å²) in [4.78, 5) is 26.8. The molecule has 0 saturated heterocycles. The smallest absolute Gasteiger partial charge is 0.334 e. The first-order chi connectivity index (χ1) is 12.1. The second-order valence-electron chi connectivity index (χ2n) is 6.70. The number of hydrogen-bond acceptors (Lipinski definition) is 3. The lowest BCUT2D eigenvalue weighted by Crippen LogP contribution is -2.38. The van der Waals surface area contributed by atoms with Crippen LogP contribution in [0, 0.1) is 17.6 Å². The first kappa shape index (κ1) is 18.2. The quantitative estimate of drug-likeness (QED) is 0.794. The highest BCUT2D eigenvalue weighted by Crippen LogP contribution is 2.44. The standard InChI is InChI=1S/C17H17F4N3O2/c1-9(2-10-7-17(20,21)8-10)22-14-6-15(25)24(16(26)23-14)13-4-11(18)3-12(19)5-13/h3-6,9-10,22H,2,7-8H2,1H3,(H,23,26). The van der Waals surface area contributed by atoms with E-state index in [1.165, 1.54) is 0 Å². The van der Waals surface area contributed by atoms with Crippen LogP contribution in [0.15, 0.2) is 33.9 Å². The molecule has 0 bridgehead atoms. The maximum atomic E-state index is 13.3. The lowest BCUT2D eigenvalue weighted by molar-refractivity contribution is -0.112. The van der Waals surface area contributed by atoms with Gasteiger partial charge in [0.2, 0.25) is 5.92 Å². The fourth-order valence-corrected chi connectivity index (χ4v) is 3.26. The van der Waals surface area contributed by atoms with Crippen LogP contribution in [0.3, 0.4) is 0 Å². The summed E-state index contributed by atoms with van der Waals surface area (Å²) < 4.78 is 53.0. The summed E-state index contributed by atoms with van der Waals surface area (Å²) in [5.74, 6) is -4.43. The van der Waals surface area contributed by atoms with E-state index in [4.69, 9.17) is 0 Å². The second-order valence-corrected chi connectivity index (χ2v) is 6.70. The van der Waals surface area contributed by atoms with Crippen molar-refractivity contribution in [2.45, 2.75) is 38.2 Å². The zero-order valence-electron chi connectivity index (χ0n) is 13.9. The van der Waals surface area contributed by atoms with E-state index in [1.807, 2.05) is 0 Å². The third-order valence-corrected chi connectivity index (χ3v) is 4.30. The monoisotopic (exact) mass is 371 g/mol. The molecular weight excluding hydrogens is 354 g/mol. The molecule has 0 amide bonds.